The van der Waals surface area contributed by atoms with Crippen molar-refractivity contribution in [3.8, 4) is 0 Å². The van der Waals surface area contributed by atoms with Gasteiger partial charge >= 0.3 is 23.9 Å². The van der Waals surface area contributed by atoms with Crippen molar-refractivity contribution >= 4 is 175 Å². The number of aromatic carboxylic acids is 3. The van der Waals surface area contributed by atoms with E-state index in [1.165, 1.54) is 96.3 Å². The molecule has 2 aromatic heterocycles. The van der Waals surface area contributed by atoms with Crippen LogP contribution in [0.3, 0.4) is 0 Å². The van der Waals surface area contributed by atoms with Crippen LogP contribution in [0.1, 0.15) is 149 Å². The zero-order valence-corrected chi connectivity index (χ0v) is 80.5. The third kappa shape index (κ3) is 28.0. The van der Waals surface area contributed by atoms with E-state index in [-0.39, 0.29) is 78.5 Å². The lowest BCUT2D eigenvalue weighted by Gasteiger charge is -2.32. The number of benzene rings is 5. The van der Waals surface area contributed by atoms with Gasteiger partial charge in [-0.25, -0.2) is 14.4 Å². The number of carbonyl (C=O) groups excluding carboxylic acids is 16. The Morgan fingerprint density at radius 1 is 0.465 bits per heavy atom. The minimum atomic E-state index is -2.01. The van der Waals surface area contributed by atoms with Crippen molar-refractivity contribution in [2.75, 3.05) is 41.9 Å². The maximum absolute atomic E-state index is 15.8. The smallest absolute Gasteiger partial charge is 0.335 e. The van der Waals surface area contributed by atoms with Crippen molar-refractivity contribution in [2.45, 2.75) is 203 Å². The molecule has 2 saturated heterocycles. The number of aliphatic hydroxyl groups is 1. The number of nitrogens with two attached hydrogens (primary N) is 2. The molecule has 2 fully saturated rings. The predicted molar refractivity (Wildman–Crippen MR) is 516 cm³/mol. The van der Waals surface area contributed by atoms with Gasteiger partial charge in [-0.2, -0.15) is 0 Å². The summed E-state index contributed by atoms with van der Waals surface area (Å²) in [6.45, 7) is 3.14. The third-order valence-electron chi connectivity index (χ3n) is 24.6. The normalized spacial score (nSPS) is 23.8. The van der Waals surface area contributed by atoms with Gasteiger partial charge in [-0.1, -0.05) is 82.3 Å². The number of carboxylic acids is 4. The van der Waals surface area contributed by atoms with Crippen molar-refractivity contribution in [2.24, 2.45) is 23.3 Å². The maximum atomic E-state index is 15.8. The molecule has 0 saturated carbocycles. The van der Waals surface area contributed by atoms with E-state index in [2.05, 4.69) is 68.5 Å². The van der Waals surface area contributed by atoms with Gasteiger partial charge in [0.1, 0.15) is 60.4 Å². The number of thioether (sulfide) groups is 3. The van der Waals surface area contributed by atoms with Crippen LogP contribution in [0, 0.1) is 11.8 Å². The molecule has 756 valence electrons. The second-order valence-electron chi connectivity index (χ2n) is 36.2. The summed E-state index contributed by atoms with van der Waals surface area (Å²) in [4.78, 5) is 302. The topological polar surface area (TPSA) is 671 Å². The highest BCUT2D eigenvalue weighted by molar-refractivity contribution is 8.01. The first-order valence-electron chi connectivity index (χ1n) is 45.9. The van der Waals surface area contributed by atoms with Gasteiger partial charge < -0.3 is 125 Å². The quantitative estimate of drug-likeness (QED) is 0.0648. The van der Waals surface area contributed by atoms with Gasteiger partial charge in [0, 0.05) is 104 Å². The Kier molecular flexibility index (Phi) is 36.1. The summed E-state index contributed by atoms with van der Waals surface area (Å²) in [6.07, 6.45) is -0.772. The Balaban J connectivity index is 0.990. The van der Waals surface area contributed by atoms with Crippen molar-refractivity contribution in [3.05, 3.63) is 177 Å². The van der Waals surface area contributed by atoms with Crippen molar-refractivity contribution in [1.82, 2.24) is 88.1 Å². The highest BCUT2D eigenvalue weighted by Gasteiger charge is 2.44. The van der Waals surface area contributed by atoms with E-state index < -0.39 is 312 Å². The predicted octanol–water partition coefficient (Wildman–Crippen LogP) is -0.568. The number of carbonyl (C=O) groups is 20. The molecular formula is C95H113N19O25S3. The summed E-state index contributed by atoms with van der Waals surface area (Å²) in [5.74, 6) is -27.2. The van der Waals surface area contributed by atoms with Crippen LogP contribution in [0.5, 0.6) is 0 Å². The second kappa shape index (κ2) is 48.1. The molecule has 7 heterocycles. The minimum Gasteiger partial charge on any atom is -0.481 e. The molecule has 16 amide bonds. The van der Waals surface area contributed by atoms with E-state index in [0.717, 1.165) is 16.7 Å². The fraction of sp³-hybridized carbons (Fsp3) is 0.432. The SMILES string of the molecule is CC(C)[C@@H]1NC(=O)[C@H](Cc2c[nH]c3ccccc23)NC(=O)[C@@H]2CSCC(=O)N3Cc4cc(cc(C(=O)O)c4)CN(Cc4cc(cc(C(=O)O)c4)CN(Cc4cc(cc(C(=O)O)c4)C3)C(=O)CS[C@H](NC(=O)[C@@H](C)N)C(=O)N[C@@H]3C(=O)N[C@@H](CCC[C@H]3O)C(=O)N2)C(=O)CSC[C@@H](C(N)=O)NC(=O)[C@@H]2CCCN2C(=O)[C@H](C(C)C)NC(=O)[C@H](Cc2c[nH]c3ccccc23)NC(=O)CNC(=O)[C@H](CC(=O)O)NC1=O. The summed E-state index contributed by atoms with van der Waals surface area (Å²) in [5.41, 5.74) is 13.2. The van der Waals surface area contributed by atoms with Crippen molar-refractivity contribution in [3.63, 3.8) is 0 Å². The van der Waals surface area contributed by atoms with Crippen molar-refractivity contribution < 1.29 is 121 Å². The number of aliphatic carboxylic acids is 1. The van der Waals surface area contributed by atoms with Crippen LogP contribution in [0.4, 0.5) is 0 Å². The molecule has 13 atom stereocenters. The van der Waals surface area contributed by atoms with Gasteiger partial charge in [0.15, 0.2) is 5.37 Å². The van der Waals surface area contributed by atoms with E-state index in [4.69, 9.17) is 11.5 Å². The number of hydrogen-bond acceptors (Lipinski definition) is 25. The number of nitrogens with zero attached hydrogens (tertiary/aromatic N) is 4. The van der Waals surface area contributed by atoms with E-state index in [1.54, 1.807) is 68.6 Å². The minimum absolute atomic E-state index is 0.0287. The Bertz CT molecular complexity index is 6070. The summed E-state index contributed by atoms with van der Waals surface area (Å²) in [5, 5.41) is 82.0. The van der Waals surface area contributed by atoms with Crippen LogP contribution in [-0.4, -0.2) is 293 Å². The van der Waals surface area contributed by atoms with Gasteiger partial charge in [-0.05, 0) is 144 Å². The van der Waals surface area contributed by atoms with E-state index in [1.807, 2.05) is 0 Å². The van der Waals surface area contributed by atoms with E-state index in [0.29, 0.717) is 56.5 Å². The number of amides is 16. The number of rotatable bonds is 14. The number of hydrogen-bond donors (Lipinski definition) is 20. The molecule has 0 unspecified atom stereocenters. The Morgan fingerprint density at radius 3 is 1.40 bits per heavy atom. The number of carboxylic acid groups (broad SMARTS) is 4. The van der Waals surface area contributed by atoms with Gasteiger partial charge in [0.2, 0.25) is 88.6 Å². The average molecular weight is 2020 g/mol. The molecule has 5 aliphatic rings. The molecule has 12 rings (SSSR count). The molecule has 142 heavy (non-hydrogen) atoms. The van der Waals surface area contributed by atoms with Crippen LogP contribution in [0.25, 0.3) is 21.8 Å². The van der Waals surface area contributed by atoms with Crippen LogP contribution in [-0.2, 0) is 134 Å². The van der Waals surface area contributed by atoms with Crippen LogP contribution < -0.4 is 70.0 Å². The molecular weight excluding hydrogens is 1900 g/mol. The number of H-pyrrole nitrogens is 2. The molecule has 7 aromatic rings. The number of aliphatic hydroxyl groups excluding tert-OH is 1. The molecule has 0 radical (unpaired) electrons. The largest absolute Gasteiger partial charge is 0.481 e. The molecule has 5 aromatic carbocycles. The Hall–Kier alpha value is -14.4. The zero-order valence-electron chi connectivity index (χ0n) is 78.0. The molecule has 0 aliphatic carbocycles. The monoisotopic (exact) mass is 2020 g/mol. The van der Waals surface area contributed by atoms with Gasteiger partial charge in [0.05, 0.1) is 59.1 Å². The van der Waals surface area contributed by atoms with E-state index >= 15 is 33.6 Å². The fourth-order valence-corrected chi connectivity index (χ4v) is 20.1. The number of para-hydroxylation sites is 2. The van der Waals surface area contributed by atoms with Gasteiger partial charge in [-0.15, -0.1) is 35.3 Å². The number of fused-ring (bicyclic) bond motifs is 14. The first-order valence-corrected chi connectivity index (χ1v) is 49.2. The van der Waals surface area contributed by atoms with E-state index in [9.17, 15) is 87.9 Å². The molecule has 5 aliphatic heterocycles. The first kappa shape index (κ1) is 106. The standard InChI is InChI=1S/C95H113N19O25S3/c1-46(2)77-88(130)104-67(31-76(120)121)82(124)100-34-72(116)101-65(29-58-32-98-62-14-8-6-12-60(58)62)84(126)108-78(47(3)4)92(133)114-19-11-17-70(114)87(129)105-68(80(97)122)41-140-43-73(117)111-35-49-20-50(24-55(23-49)93(134)135)37-112-38-52-22-54(28-57(26-52)95(138)139)40-113(39-53-21-51(36-111)25-56(27-53)94(136)137)75(119)45-142-91(110-81(123)48(5)96)90(132)109-79-71(115)18-10-16-64(102-89(79)131)83(125)106-69(42-141-44-74(112)118)86(128)103-66(85(127)107-77)30-59-33-99-63-15-9-7-13-61(59)63/h6-9,12-15,20-28,32-33,46-48,64-71,77-79,91,98-99,115H,10-11,16-19,29-31,34-45,96H2,1-5H3,(H2,97,122)(H,100,124)(H,101,116)(H,102,131)(H,103,128)(H,104,130)(H,105,129)(H,106,125)(H,107,127)(H,108,126)(H,109,132)(H,110,123)(H,120,121)(H,134,135)(H,136,137)(H,138,139)/t48-,64+,65+,66+,67+,68+,69+,70+,71-,77+,78+,79+,91+/m1/s1. The number of aromatic nitrogens is 2. The third-order valence-corrected chi connectivity index (χ3v) is 27.8. The maximum Gasteiger partial charge on any atom is 0.335 e. The lowest BCUT2D eigenvalue weighted by Crippen LogP contribution is -2.63. The number of aromatic amines is 2. The lowest BCUT2D eigenvalue weighted by atomic mass is 9.97. The first-order chi connectivity index (χ1) is 67.5. The molecule has 22 N–H and O–H groups in total. The highest BCUT2D eigenvalue weighted by atomic mass is 32.2. The lowest BCUT2D eigenvalue weighted by molar-refractivity contribution is -0.143. The molecule has 44 nitrogen and oxygen atoms in total. The van der Waals surface area contributed by atoms with Gasteiger partial charge in [-0.3, -0.25) is 81.5 Å². The van der Waals surface area contributed by atoms with Crippen molar-refractivity contribution in [1.29, 1.82) is 0 Å². The molecule has 47 heteroatoms. The summed E-state index contributed by atoms with van der Waals surface area (Å²) in [6, 6.07) is 7.21. The summed E-state index contributed by atoms with van der Waals surface area (Å²) >= 11 is 1.96. The van der Waals surface area contributed by atoms with Crippen LogP contribution in [0.15, 0.2) is 116 Å². The zero-order chi connectivity index (χ0) is 103. The van der Waals surface area contributed by atoms with Crippen LogP contribution >= 0.6 is 35.3 Å². The Morgan fingerprint density at radius 2 is 0.923 bits per heavy atom. The second-order valence-corrected chi connectivity index (χ2v) is 39.4. The summed E-state index contributed by atoms with van der Waals surface area (Å²) in [7, 11) is 0. The van der Waals surface area contributed by atoms with Crippen LogP contribution in [0.2, 0.25) is 0 Å². The highest BCUT2D eigenvalue weighted by Crippen LogP contribution is 2.30. The summed E-state index contributed by atoms with van der Waals surface area (Å²) < 4.78 is 0. The molecule has 12 bridgehead atoms. The Labute approximate surface area is 825 Å². The number of nitrogens with one attached hydrogen (secondary N) is 13. The number of primary amides is 1. The molecule has 0 spiro atoms. The van der Waals surface area contributed by atoms with Gasteiger partial charge in [0.25, 0.3) is 5.91 Å². The fourth-order valence-electron chi connectivity index (χ4n) is 17.3. The average Bonchev–Trinajstić information content (AvgIpc) is 1.70.